The lowest BCUT2D eigenvalue weighted by Crippen LogP contribution is -2.33. The highest BCUT2D eigenvalue weighted by atomic mass is 14.9. The Bertz CT molecular complexity index is 399. The highest BCUT2D eigenvalue weighted by Gasteiger charge is 2.03. The van der Waals surface area contributed by atoms with E-state index in [1.165, 1.54) is 115 Å². The molecule has 25 heavy (non-hydrogen) atoms. The van der Waals surface area contributed by atoms with Crippen molar-refractivity contribution in [3.8, 4) is 0 Å². The van der Waals surface area contributed by atoms with Crippen molar-refractivity contribution in [2.75, 3.05) is 0 Å². The molecule has 0 bridgehead atoms. The summed E-state index contributed by atoms with van der Waals surface area (Å²) in [6.45, 7) is 5.76. The molecule has 0 N–H and O–H groups in total. The lowest BCUT2D eigenvalue weighted by atomic mass is 10.1. The molecule has 1 aromatic heterocycles. The Morgan fingerprint density at radius 1 is 0.640 bits per heavy atom. The van der Waals surface area contributed by atoms with Crippen LogP contribution in [0.2, 0.25) is 0 Å². The van der Waals surface area contributed by atoms with Crippen molar-refractivity contribution >= 4 is 0 Å². The second-order valence-electron chi connectivity index (χ2n) is 7.80. The maximum Gasteiger partial charge on any atom is 0.171 e. The SMILES string of the molecule is CCCCCCCCCCCCCC[n+]1cccc(CCCCC)c1. The summed E-state index contributed by atoms with van der Waals surface area (Å²) in [5.41, 5.74) is 1.51. The molecule has 0 radical (unpaired) electrons. The van der Waals surface area contributed by atoms with E-state index in [9.17, 15) is 0 Å². The molecule has 0 unspecified atom stereocenters. The van der Waals surface area contributed by atoms with Crippen molar-refractivity contribution in [2.45, 2.75) is 123 Å². The Hall–Kier alpha value is -0.850. The summed E-state index contributed by atoms with van der Waals surface area (Å²) in [5.74, 6) is 0. The van der Waals surface area contributed by atoms with Gasteiger partial charge in [-0.3, -0.25) is 0 Å². The van der Waals surface area contributed by atoms with Crippen molar-refractivity contribution in [1.82, 2.24) is 0 Å². The number of rotatable bonds is 17. The van der Waals surface area contributed by atoms with Crippen LogP contribution in [0.5, 0.6) is 0 Å². The topological polar surface area (TPSA) is 3.88 Å². The first kappa shape index (κ1) is 22.2. The minimum Gasteiger partial charge on any atom is -0.205 e. The van der Waals surface area contributed by atoms with E-state index in [4.69, 9.17) is 0 Å². The Kier molecular flexibility index (Phi) is 14.7. The summed E-state index contributed by atoms with van der Waals surface area (Å²) < 4.78 is 2.40. The molecule has 0 aliphatic rings. The second kappa shape index (κ2) is 16.6. The third-order valence-electron chi connectivity index (χ3n) is 5.26. The zero-order valence-corrected chi connectivity index (χ0v) is 17.3. The number of pyridine rings is 1. The third-order valence-corrected chi connectivity index (χ3v) is 5.26. The smallest absolute Gasteiger partial charge is 0.171 e. The predicted octanol–water partition coefficient (Wildman–Crippen LogP) is 7.41. The summed E-state index contributed by atoms with van der Waals surface area (Å²) in [4.78, 5) is 0. The fraction of sp³-hybridized carbons (Fsp3) is 0.792. The van der Waals surface area contributed by atoms with Crippen LogP contribution in [0.4, 0.5) is 0 Å². The number of aromatic nitrogens is 1. The first-order valence-electron chi connectivity index (χ1n) is 11.3. The van der Waals surface area contributed by atoms with Gasteiger partial charge in [0.15, 0.2) is 12.4 Å². The van der Waals surface area contributed by atoms with Crippen LogP contribution in [0.25, 0.3) is 0 Å². The van der Waals surface area contributed by atoms with Crippen LogP contribution in [0, 0.1) is 0 Å². The summed E-state index contributed by atoms with van der Waals surface area (Å²) >= 11 is 0. The molecular weight excluding hydrogens is 302 g/mol. The van der Waals surface area contributed by atoms with E-state index in [1.54, 1.807) is 0 Å². The molecule has 1 heteroatoms. The molecule has 0 aromatic carbocycles. The predicted molar refractivity (Wildman–Crippen MR) is 111 cm³/mol. The normalized spacial score (nSPS) is 11.1. The minimum atomic E-state index is 1.19. The van der Waals surface area contributed by atoms with Gasteiger partial charge in [-0.25, -0.2) is 4.57 Å². The van der Waals surface area contributed by atoms with Crippen molar-refractivity contribution in [3.63, 3.8) is 0 Å². The molecule has 0 atom stereocenters. The molecule has 1 aromatic rings. The van der Waals surface area contributed by atoms with E-state index >= 15 is 0 Å². The van der Waals surface area contributed by atoms with E-state index in [0.717, 1.165) is 0 Å². The van der Waals surface area contributed by atoms with Gasteiger partial charge in [0, 0.05) is 18.1 Å². The van der Waals surface area contributed by atoms with Crippen LogP contribution in [0.3, 0.4) is 0 Å². The zero-order valence-electron chi connectivity index (χ0n) is 17.3. The first-order chi connectivity index (χ1) is 12.4. The van der Waals surface area contributed by atoms with Gasteiger partial charge in [-0.2, -0.15) is 0 Å². The van der Waals surface area contributed by atoms with Crippen LogP contribution >= 0.6 is 0 Å². The van der Waals surface area contributed by atoms with E-state index < -0.39 is 0 Å². The number of hydrogen-bond acceptors (Lipinski definition) is 0. The van der Waals surface area contributed by atoms with Gasteiger partial charge < -0.3 is 0 Å². The quantitative estimate of drug-likeness (QED) is 0.204. The highest BCUT2D eigenvalue weighted by Crippen LogP contribution is 2.12. The second-order valence-corrected chi connectivity index (χ2v) is 7.80. The van der Waals surface area contributed by atoms with Crippen LogP contribution in [-0.4, -0.2) is 0 Å². The van der Waals surface area contributed by atoms with Crippen LogP contribution in [0.1, 0.15) is 116 Å². The lowest BCUT2D eigenvalue weighted by molar-refractivity contribution is -0.697. The number of aryl methyl sites for hydroxylation is 2. The molecule has 0 saturated heterocycles. The van der Waals surface area contributed by atoms with E-state index in [0.29, 0.717) is 0 Å². The largest absolute Gasteiger partial charge is 0.205 e. The van der Waals surface area contributed by atoms with Crippen molar-refractivity contribution < 1.29 is 4.57 Å². The minimum absolute atomic E-state index is 1.19. The maximum atomic E-state index is 2.40. The maximum absolute atomic E-state index is 2.40. The van der Waals surface area contributed by atoms with Crippen LogP contribution in [-0.2, 0) is 13.0 Å². The van der Waals surface area contributed by atoms with Gasteiger partial charge in [0.25, 0.3) is 0 Å². The average Bonchev–Trinajstić information content (AvgIpc) is 2.63. The fourth-order valence-electron chi connectivity index (χ4n) is 3.58. The molecule has 1 rings (SSSR count). The van der Waals surface area contributed by atoms with Crippen LogP contribution < -0.4 is 4.57 Å². The number of hydrogen-bond donors (Lipinski definition) is 0. The monoisotopic (exact) mass is 346 g/mol. The zero-order chi connectivity index (χ0) is 18.0. The standard InChI is InChI=1S/C24H44N/c1-3-5-7-8-9-10-11-12-13-14-15-17-21-25-22-18-20-24(23-25)19-16-6-4-2/h18,20,22-23H,3-17,19,21H2,1-2H3/q+1. The van der Waals surface area contributed by atoms with Crippen LogP contribution in [0.15, 0.2) is 24.5 Å². The molecule has 0 aliphatic carbocycles. The lowest BCUT2D eigenvalue weighted by Gasteiger charge is -2.03. The van der Waals surface area contributed by atoms with Gasteiger partial charge in [-0.1, -0.05) is 90.9 Å². The van der Waals surface area contributed by atoms with Crippen molar-refractivity contribution in [2.24, 2.45) is 0 Å². The van der Waals surface area contributed by atoms with Gasteiger partial charge in [0.1, 0.15) is 6.54 Å². The molecule has 0 saturated carbocycles. The Labute approximate surface area is 158 Å². The van der Waals surface area contributed by atoms with Gasteiger partial charge in [-0.15, -0.1) is 0 Å². The van der Waals surface area contributed by atoms with E-state index in [2.05, 4.69) is 42.9 Å². The Morgan fingerprint density at radius 2 is 1.16 bits per heavy atom. The van der Waals surface area contributed by atoms with E-state index in [-0.39, 0.29) is 0 Å². The van der Waals surface area contributed by atoms with Crippen molar-refractivity contribution in [3.05, 3.63) is 30.1 Å². The van der Waals surface area contributed by atoms with Gasteiger partial charge in [0.2, 0.25) is 0 Å². The number of unbranched alkanes of at least 4 members (excludes halogenated alkanes) is 13. The van der Waals surface area contributed by atoms with Gasteiger partial charge >= 0.3 is 0 Å². The average molecular weight is 347 g/mol. The molecule has 144 valence electrons. The molecule has 0 amide bonds. The Balaban J connectivity index is 1.95. The number of nitrogens with zero attached hydrogens (tertiary/aromatic N) is 1. The highest BCUT2D eigenvalue weighted by molar-refractivity contribution is 5.05. The molecule has 0 spiro atoms. The summed E-state index contributed by atoms with van der Waals surface area (Å²) in [7, 11) is 0. The summed E-state index contributed by atoms with van der Waals surface area (Å²) in [6.07, 6.45) is 27.0. The molecule has 0 fully saturated rings. The van der Waals surface area contributed by atoms with Gasteiger partial charge in [0.05, 0.1) is 0 Å². The molecule has 0 aliphatic heterocycles. The fourth-order valence-corrected chi connectivity index (χ4v) is 3.58. The Morgan fingerprint density at radius 3 is 1.76 bits per heavy atom. The summed E-state index contributed by atoms with van der Waals surface area (Å²) in [6, 6.07) is 4.51. The first-order valence-corrected chi connectivity index (χ1v) is 11.3. The molecular formula is C24H44N+. The van der Waals surface area contributed by atoms with Crippen molar-refractivity contribution in [1.29, 1.82) is 0 Å². The third kappa shape index (κ3) is 13.1. The van der Waals surface area contributed by atoms with Gasteiger partial charge in [-0.05, 0) is 25.3 Å². The molecule has 1 nitrogen and oxygen atoms in total. The van der Waals surface area contributed by atoms with E-state index in [1.807, 2.05) is 0 Å². The summed E-state index contributed by atoms with van der Waals surface area (Å²) in [5, 5.41) is 0. The molecule has 1 heterocycles.